The van der Waals surface area contributed by atoms with Gasteiger partial charge in [-0.15, -0.1) is 0 Å². The Morgan fingerprint density at radius 2 is 0.784 bits per heavy atom. The first-order valence-corrected chi connectivity index (χ1v) is 16.8. The summed E-state index contributed by atoms with van der Waals surface area (Å²) in [5.74, 6) is 0. The van der Waals surface area contributed by atoms with Gasteiger partial charge in [-0.05, 0) is 94.4 Å². The highest BCUT2D eigenvalue weighted by Crippen LogP contribution is 2.36. The second-order valence-electron chi connectivity index (χ2n) is 10.8. The van der Waals surface area contributed by atoms with E-state index in [1.54, 1.807) is 15.6 Å². The van der Waals surface area contributed by atoms with Crippen LogP contribution in [-0.2, 0) is 38.5 Å². The predicted octanol–water partition coefficient (Wildman–Crippen LogP) is 7.42. The van der Waals surface area contributed by atoms with Crippen molar-refractivity contribution < 1.29 is 0 Å². The van der Waals surface area contributed by atoms with Gasteiger partial charge in [0.15, 0.2) is 8.07 Å². The average Bonchev–Trinajstić information content (AvgIpc) is 3.38. The van der Waals surface area contributed by atoms with E-state index in [1.807, 2.05) is 0 Å². The van der Waals surface area contributed by atoms with E-state index in [0.29, 0.717) is 5.54 Å². The molecule has 0 saturated heterocycles. The first-order chi connectivity index (χ1) is 17.9. The summed E-state index contributed by atoms with van der Waals surface area (Å²) in [4.78, 5) is 0. The molecular formula is C36H46Si. The van der Waals surface area contributed by atoms with Crippen molar-refractivity contribution in [2.75, 3.05) is 0 Å². The van der Waals surface area contributed by atoms with Gasteiger partial charge in [-0.25, -0.2) is 0 Å². The fourth-order valence-electron chi connectivity index (χ4n) is 6.29. The van der Waals surface area contributed by atoms with Crippen LogP contribution in [0.25, 0.3) is 0 Å². The van der Waals surface area contributed by atoms with Crippen LogP contribution in [0.15, 0.2) is 78.4 Å². The molecule has 0 aliphatic heterocycles. The van der Waals surface area contributed by atoms with Gasteiger partial charge in [-0.3, -0.25) is 0 Å². The molecule has 0 bridgehead atoms. The average molecular weight is 507 g/mol. The van der Waals surface area contributed by atoms with E-state index in [4.69, 9.17) is 0 Å². The van der Waals surface area contributed by atoms with E-state index in [0.717, 1.165) is 38.5 Å². The number of allylic oxidation sites excluding steroid dienone is 4. The molecule has 0 spiro atoms. The second-order valence-corrected chi connectivity index (χ2v) is 14.8. The minimum Gasteiger partial charge on any atom is -0.0791 e. The standard InChI is InChI=1S/C36H46Si/c1-8-27-17-28(9-2)21-33(20-27)37(36-16-14-15-26(36)7,34-22-29(10-3)18-30(11-4)23-34)35-24-31(12-5)19-32(13-6)25-35/h14-25,36H,8-13H2,1-7H3. The molecular weight excluding hydrogens is 460 g/mol. The molecule has 1 unspecified atom stereocenters. The Hall–Kier alpha value is -2.64. The Kier molecular flexibility index (Phi) is 8.75. The van der Waals surface area contributed by atoms with Gasteiger partial charge < -0.3 is 0 Å². The van der Waals surface area contributed by atoms with Crippen LogP contribution in [0.1, 0.15) is 81.8 Å². The van der Waals surface area contributed by atoms with Crippen molar-refractivity contribution in [3.63, 3.8) is 0 Å². The van der Waals surface area contributed by atoms with Gasteiger partial charge >= 0.3 is 0 Å². The van der Waals surface area contributed by atoms with Gasteiger partial charge in [-0.1, -0.05) is 120 Å². The largest absolute Gasteiger partial charge is 0.159 e. The zero-order valence-corrected chi connectivity index (χ0v) is 25.2. The summed E-state index contributed by atoms with van der Waals surface area (Å²) in [7, 11) is -2.49. The van der Waals surface area contributed by atoms with Crippen LogP contribution >= 0.6 is 0 Å². The molecule has 1 heteroatoms. The third-order valence-electron chi connectivity index (χ3n) is 8.59. The van der Waals surface area contributed by atoms with E-state index in [2.05, 4.69) is 121 Å². The lowest BCUT2D eigenvalue weighted by Crippen LogP contribution is -2.70. The number of rotatable bonds is 10. The van der Waals surface area contributed by atoms with Crippen molar-refractivity contribution in [3.8, 4) is 0 Å². The Labute approximate surface area is 227 Å². The summed E-state index contributed by atoms with van der Waals surface area (Å²) < 4.78 is 0. The lowest BCUT2D eigenvalue weighted by molar-refractivity contribution is 1.08. The summed E-state index contributed by atoms with van der Waals surface area (Å²) >= 11 is 0. The fraction of sp³-hybridized carbons (Fsp3) is 0.389. The number of hydrogen-bond acceptors (Lipinski definition) is 0. The van der Waals surface area contributed by atoms with Crippen molar-refractivity contribution in [3.05, 3.63) is 112 Å². The van der Waals surface area contributed by atoms with Gasteiger partial charge in [0.1, 0.15) is 0 Å². The van der Waals surface area contributed by atoms with Crippen LogP contribution in [0.2, 0.25) is 5.54 Å². The highest BCUT2D eigenvalue weighted by Gasteiger charge is 2.47. The maximum absolute atomic E-state index is 2.58. The summed E-state index contributed by atoms with van der Waals surface area (Å²) in [6, 6.07) is 22.8. The van der Waals surface area contributed by atoms with Crippen LogP contribution in [0.4, 0.5) is 0 Å². The van der Waals surface area contributed by atoms with Crippen LogP contribution < -0.4 is 15.6 Å². The zero-order valence-electron chi connectivity index (χ0n) is 24.2. The molecule has 1 aliphatic rings. The van der Waals surface area contributed by atoms with E-state index >= 15 is 0 Å². The minimum atomic E-state index is -2.49. The molecule has 194 valence electrons. The third-order valence-corrected chi connectivity index (χ3v) is 13.8. The minimum absolute atomic E-state index is 0.415. The van der Waals surface area contributed by atoms with Crippen LogP contribution in [0.3, 0.4) is 0 Å². The molecule has 1 aliphatic carbocycles. The highest BCUT2D eigenvalue weighted by atomic mass is 28.3. The SMILES string of the molecule is CCc1cc(CC)cc([Si](c2cc(CC)cc(CC)c2)(c2cc(CC)cc(CC)c2)C2C=CC=C2C)c1. The molecule has 3 aromatic carbocycles. The van der Waals surface area contributed by atoms with Gasteiger partial charge in [0, 0.05) is 5.54 Å². The normalized spacial score (nSPS) is 15.3. The number of aryl methyl sites for hydroxylation is 6. The molecule has 0 amide bonds. The molecule has 3 aromatic rings. The summed E-state index contributed by atoms with van der Waals surface area (Å²) in [6.07, 6.45) is 13.7. The summed E-state index contributed by atoms with van der Waals surface area (Å²) in [5.41, 5.74) is 10.8. The first kappa shape index (κ1) is 27.4. The molecule has 0 fully saturated rings. The van der Waals surface area contributed by atoms with Crippen molar-refractivity contribution in [1.29, 1.82) is 0 Å². The van der Waals surface area contributed by atoms with Gasteiger partial charge in [0.25, 0.3) is 0 Å². The van der Waals surface area contributed by atoms with Crippen molar-refractivity contribution in [2.24, 2.45) is 0 Å². The topological polar surface area (TPSA) is 0 Å². The number of hydrogen-bond donors (Lipinski definition) is 0. The van der Waals surface area contributed by atoms with Crippen molar-refractivity contribution >= 4 is 23.6 Å². The third kappa shape index (κ3) is 5.21. The Balaban J connectivity index is 2.23. The van der Waals surface area contributed by atoms with E-state index in [-0.39, 0.29) is 0 Å². The molecule has 0 N–H and O–H groups in total. The van der Waals surface area contributed by atoms with Crippen LogP contribution in [0.5, 0.6) is 0 Å². The molecule has 0 heterocycles. The summed E-state index contributed by atoms with van der Waals surface area (Å²) in [5, 5.41) is 4.75. The molecule has 0 saturated carbocycles. The molecule has 0 nitrogen and oxygen atoms in total. The van der Waals surface area contributed by atoms with Crippen molar-refractivity contribution in [2.45, 2.75) is 92.5 Å². The maximum Gasteiger partial charge on any atom is 0.159 e. The fourth-order valence-corrected chi connectivity index (χ4v) is 12.0. The van der Waals surface area contributed by atoms with E-state index in [9.17, 15) is 0 Å². The quantitative estimate of drug-likeness (QED) is 0.198. The first-order valence-electron chi connectivity index (χ1n) is 14.7. The Morgan fingerprint density at radius 3 is 1.00 bits per heavy atom. The molecule has 4 rings (SSSR count). The second kappa shape index (κ2) is 11.8. The monoisotopic (exact) mass is 506 g/mol. The van der Waals surface area contributed by atoms with Gasteiger partial charge in [0.05, 0.1) is 0 Å². The Morgan fingerprint density at radius 1 is 0.486 bits per heavy atom. The van der Waals surface area contributed by atoms with Crippen molar-refractivity contribution in [1.82, 2.24) is 0 Å². The lowest BCUT2D eigenvalue weighted by atomic mass is 10.1. The molecule has 0 aromatic heterocycles. The predicted molar refractivity (Wildman–Crippen MR) is 167 cm³/mol. The summed E-state index contributed by atoms with van der Waals surface area (Å²) in [6.45, 7) is 16.2. The Bertz CT molecular complexity index is 1100. The van der Waals surface area contributed by atoms with Gasteiger partial charge in [0.2, 0.25) is 0 Å². The lowest BCUT2D eigenvalue weighted by Gasteiger charge is -2.40. The molecule has 1 atom stereocenters. The maximum atomic E-state index is 2.58. The van der Waals surface area contributed by atoms with E-state index in [1.165, 1.54) is 39.0 Å². The van der Waals surface area contributed by atoms with Crippen LogP contribution in [0, 0.1) is 0 Å². The number of benzene rings is 3. The zero-order chi connectivity index (χ0) is 26.6. The molecule has 0 radical (unpaired) electrons. The smallest absolute Gasteiger partial charge is 0.0791 e. The van der Waals surface area contributed by atoms with E-state index < -0.39 is 8.07 Å². The van der Waals surface area contributed by atoms with Gasteiger partial charge in [-0.2, -0.15) is 0 Å². The van der Waals surface area contributed by atoms with Crippen LogP contribution in [-0.4, -0.2) is 8.07 Å². The highest BCUT2D eigenvalue weighted by molar-refractivity contribution is 7.13. The molecule has 37 heavy (non-hydrogen) atoms.